The summed E-state index contributed by atoms with van der Waals surface area (Å²) in [4.78, 5) is 3.61. The van der Waals surface area contributed by atoms with Crippen molar-refractivity contribution < 1.29 is 17.9 Å². The Bertz CT molecular complexity index is 585. The van der Waals surface area contributed by atoms with E-state index in [1.54, 1.807) is 18.2 Å². The van der Waals surface area contributed by atoms with E-state index in [1.165, 1.54) is 0 Å². The Morgan fingerprint density at radius 2 is 1.89 bits per heavy atom. The zero-order valence-electron chi connectivity index (χ0n) is 9.41. The number of ether oxygens (including phenoxy) is 1. The van der Waals surface area contributed by atoms with Gasteiger partial charge >= 0.3 is 6.18 Å². The van der Waals surface area contributed by atoms with Crippen molar-refractivity contribution in [2.24, 2.45) is 0 Å². The van der Waals surface area contributed by atoms with Crippen LogP contribution in [0.25, 0.3) is 0 Å². The van der Waals surface area contributed by atoms with Crippen LogP contribution in [0, 0.1) is 0 Å². The van der Waals surface area contributed by atoms with E-state index < -0.39 is 11.7 Å². The summed E-state index contributed by atoms with van der Waals surface area (Å²) in [6.45, 7) is 0. The molecule has 1 heterocycles. The third-order valence-electron chi connectivity index (χ3n) is 2.27. The van der Waals surface area contributed by atoms with E-state index in [0.717, 1.165) is 18.3 Å². The molecular formula is C12H8BrF3N2O. The summed E-state index contributed by atoms with van der Waals surface area (Å²) >= 11 is 3.23. The largest absolute Gasteiger partial charge is 0.438 e. The third kappa shape index (κ3) is 3.17. The molecule has 0 aliphatic carbocycles. The van der Waals surface area contributed by atoms with Gasteiger partial charge in [0.25, 0.3) is 0 Å². The highest BCUT2D eigenvalue weighted by atomic mass is 79.9. The third-order valence-corrected chi connectivity index (χ3v) is 3.12. The van der Waals surface area contributed by atoms with Gasteiger partial charge in [-0.2, -0.15) is 13.2 Å². The molecule has 0 aliphatic heterocycles. The predicted octanol–water partition coefficient (Wildman–Crippen LogP) is 4.24. The highest BCUT2D eigenvalue weighted by molar-refractivity contribution is 9.10. The molecule has 3 nitrogen and oxygen atoms in total. The molecule has 7 heteroatoms. The average Bonchev–Trinajstić information content (AvgIpc) is 2.35. The van der Waals surface area contributed by atoms with E-state index in [0.29, 0.717) is 15.9 Å². The lowest BCUT2D eigenvalue weighted by atomic mass is 10.3. The van der Waals surface area contributed by atoms with Crippen LogP contribution in [0.4, 0.5) is 18.9 Å². The molecule has 100 valence electrons. The van der Waals surface area contributed by atoms with Crippen LogP contribution in [0.3, 0.4) is 0 Å². The van der Waals surface area contributed by atoms with Gasteiger partial charge in [0.2, 0.25) is 5.88 Å². The summed E-state index contributed by atoms with van der Waals surface area (Å²) in [5, 5.41) is 0. The van der Waals surface area contributed by atoms with Gasteiger partial charge in [-0.3, -0.25) is 0 Å². The van der Waals surface area contributed by atoms with E-state index in [2.05, 4.69) is 20.9 Å². The number of hydrogen-bond donors (Lipinski definition) is 1. The molecule has 0 spiro atoms. The molecule has 0 saturated heterocycles. The number of nitrogen functional groups attached to an aromatic ring is 1. The molecule has 19 heavy (non-hydrogen) atoms. The Morgan fingerprint density at radius 1 is 1.16 bits per heavy atom. The van der Waals surface area contributed by atoms with Crippen LogP contribution in [0.5, 0.6) is 11.6 Å². The van der Waals surface area contributed by atoms with Gasteiger partial charge in [-0.15, -0.1) is 0 Å². The maximum atomic E-state index is 12.4. The summed E-state index contributed by atoms with van der Waals surface area (Å²) in [6, 6.07) is 7.01. The Kier molecular flexibility index (Phi) is 3.66. The molecule has 2 aromatic rings. The topological polar surface area (TPSA) is 48.1 Å². The maximum absolute atomic E-state index is 12.4. The molecule has 0 fully saturated rings. The van der Waals surface area contributed by atoms with Crippen LogP contribution in [0.2, 0.25) is 0 Å². The van der Waals surface area contributed by atoms with Gasteiger partial charge in [0.1, 0.15) is 5.75 Å². The first-order valence-electron chi connectivity index (χ1n) is 5.13. The SMILES string of the molecule is Nc1cccc(Oc2ccc(C(F)(F)F)cn2)c1Br. The minimum atomic E-state index is -4.41. The Morgan fingerprint density at radius 3 is 2.47 bits per heavy atom. The number of benzene rings is 1. The molecule has 0 unspecified atom stereocenters. The van der Waals surface area contributed by atoms with Gasteiger partial charge in [-0.25, -0.2) is 4.98 Å². The fraction of sp³-hybridized carbons (Fsp3) is 0.0833. The summed E-state index contributed by atoms with van der Waals surface area (Å²) in [6.07, 6.45) is -3.70. The van der Waals surface area contributed by atoms with Crippen LogP contribution in [-0.4, -0.2) is 4.98 Å². The van der Waals surface area contributed by atoms with Crippen molar-refractivity contribution >= 4 is 21.6 Å². The van der Waals surface area contributed by atoms with E-state index in [-0.39, 0.29) is 5.88 Å². The number of hydrogen-bond acceptors (Lipinski definition) is 3. The van der Waals surface area contributed by atoms with Crippen LogP contribution < -0.4 is 10.5 Å². The van der Waals surface area contributed by atoms with Gasteiger partial charge in [0.05, 0.1) is 10.0 Å². The number of rotatable bonds is 2. The fourth-order valence-electron chi connectivity index (χ4n) is 1.33. The minimum Gasteiger partial charge on any atom is -0.438 e. The Hall–Kier alpha value is -1.76. The number of anilines is 1. The van der Waals surface area contributed by atoms with Crippen molar-refractivity contribution in [2.75, 3.05) is 5.73 Å². The zero-order chi connectivity index (χ0) is 14.0. The quantitative estimate of drug-likeness (QED) is 0.837. The van der Waals surface area contributed by atoms with Crippen LogP contribution in [0.1, 0.15) is 5.56 Å². The molecule has 1 aromatic carbocycles. The number of nitrogens with zero attached hydrogens (tertiary/aromatic N) is 1. The van der Waals surface area contributed by atoms with Gasteiger partial charge < -0.3 is 10.5 Å². The first-order valence-corrected chi connectivity index (χ1v) is 5.92. The normalized spacial score (nSPS) is 11.4. The molecule has 2 rings (SSSR count). The van der Waals surface area contributed by atoms with Crippen LogP contribution in [-0.2, 0) is 6.18 Å². The summed E-state index contributed by atoms with van der Waals surface area (Å²) in [5.74, 6) is 0.437. The monoisotopic (exact) mass is 332 g/mol. The van der Waals surface area contributed by atoms with Gasteiger partial charge in [-0.05, 0) is 34.1 Å². The smallest absolute Gasteiger partial charge is 0.417 e. The second kappa shape index (κ2) is 5.08. The number of halogens is 4. The van der Waals surface area contributed by atoms with Crippen molar-refractivity contribution in [3.05, 3.63) is 46.6 Å². The molecular weight excluding hydrogens is 325 g/mol. The molecule has 2 N–H and O–H groups in total. The second-order valence-corrected chi connectivity index (χ2v) is 4.44. The Labute approximate surface area is 115 Å². The standard InChI is InChI=1S/C12H8BrF3N2O/c13-11-8(17)2-1-3-9(11)19-10-5-4-7(6-18-10)12(14,15)16/h1-6H,17H2. The van der Waals surface area contributed by atoms with Crippen molar-refractivity contribution in [1.29, 1.82) is 0 Å². The van der Waals surface area contributed by atoms with E-state index >= 15 is 0 Å². The first kappa shape index (κ1) is 13.7. The molecule has 1 aromatic heterocycles. The van der Waals surface area contributed by atoms with Crippen LogP contribution in [0.15, 0.2) is 41.0 Å². The van der Waals surface area contributed by atoms with E-state index in [1.807, 2.05) is 0 Å². The summed E-state index contributed by atoms with van der Waals surface area (Å²) < 4.78 is 43.0. The number of nitrogens with two attached hydrogens (primary N) is 1. The summed E-state index contributed by atoms with van der Waals surface area (Å²) in [5.41, 5.74) is 5.29. The molecule has 0 bridgehead atoms. The Balaban J connectivity index is 2.23. The second-order valence-electron chi connectivity index (χ2n) is 3.64. The molecule has 0 saturated carbocycles. The molecule has 0 radical (unpaired) electrons. The number of pyridine rings is 1. The number of aromatic nitrogens is 1. The summed E-state index contributed by atoms with van der Waals surface area (Å²) in [7, 11) is 0. The van der Waals surface area contributed by atoms with E-state index in [9.17, 15) is 13.2 Å². The predicted molar refractivity (Wildman–Crippen MR) is 67.9 cm³/mol. The lowest BCUT2D eigenvalue weighted by molar-refractivity contribution is -0.137. The molecule has 0 aliphatic rings. The molecule has 0 atom stereocenters. The van der Waals surface area contributed by atoms with Gasteiger partial charge in [0.15, 0.2) is 0 Å². The van der Waals surface area contributed by atoms with Crippen LogP contribution >= 0.6 is 15.9 Å². The highest BCUT2D eigenvalue weighted by Gasteiger charge is 2.30. The number of alkyl halides is 3. The van der Waals surface area contributed by atoms with Crippen molar-refractivity contribution in [3.8, 4) is 11.6 Å². The first-order chi connectivity index (χ1) is 8.88. The van der Waals surface area contributed by atoms with Crippen molar-refractivity contribution in [2.45, 2.75) is 6.18 Å². The lowest BCUT2D eigenvalue weighted by Gasteiger charge is -2.09. The van der Waals surface area contributed by atoms with Crippen molar-refractivity contribution in [3.63, 3.8) is 0 Å². The minimum absolute atomic E-state index is 0.0549. The fourth-order valence-corrected chi connectivity index (χ4v) is 1.67. The van der Waals surface area contributed by atoms with E-state index in [4.69, 9.17) is 10.5 Å². The lowest BCUT2D eigenvalue weighted by Crippen LogP contribution is -2.05. The zero-order valence-corrected chi connectivity index (χ0v) is 11.0. The average molecular weight is 333 g/mol. The molecule has 0 amide bonds. The maximum Gasteiger partial charge on any atom is 0.417 e. The highest BCUT2D eigenvalue weighted by Crippen LogP contribution is 2.34. The van der Waals surface area contributed by atoms with Crippen molar-refractivity contribution in [1.82, 2.24) is 4.98 Å². The van der Waals surface area contributed by atoms with Gasteiger partial charge in [0, 0.05) is 18.0 Å². The van der Waals surface area contributed by atoms with Gasteiger partial charge in [-0.1, -0.05) is 6.07 Å².